The molecule has 0 radical (unpaired) electrons. The third kappa shape index (κ3) is 24.9. The Bertz CT molecular complexity index is 391. The summed E-state index contributed by atoms with van der Waals surface area (Å²) in [7, 11) is 0. The maximum atomic E-state index is 11.4. The van der Waals surface area contributed by atoms with Crippen LogP contribution in [0.15, 0.2) is 0 Å². The van der Waals surface area contributed by atoms with Gasteiger partial charge in [0.15, 0.2) is 0 Å². The highest BCUT2D eigenvalue weighted by atomic mass is 16.4. The van der Waals surface area contributed by atoms with Gasteiger partial charge in [0.1, 0.15) is 6.54 Å². The second-order valence-electron chi connectivity index (χ2n) is 8.49. The third-order valence-electron chi connectivity index (χ3n) is 5.59. The molecule has 0 rings (SSSR count). The lowest BCUT2D eigenvalue weighted by atomic mass is 10.0. The lowest BCUT2D eigenvalue weighted by Gasteiger charge is -2.04. The van der Waals surface area contributed by atoms with Gasteiger partial charge >= 0.3 is 5.97 Å². The molecule has 0 heterocycles. The molecule has 0 spiro atoms. The standard InChI is InChI=1S/C25H49NO3/c1-2-3-4-5-6-7-8-9-10-11-12-13-14-15-16-17-18-19-20-21-22-24(27)26-23-25(28)29/h2-23H2,1H3,(H,26,27)(H,28,29)/i1D. The molecule has 0 bridgehead atoms. The van der Waals surface area contributed by atoms with Gasteiger partial charge in [-0.25, -0.2) is 0 Å². The van der Waals surface area contributed by atoms with Gasteiger partial charge in [-0.05, 0) is 6.42 Å². The Balaban J connectivity index is 3.08. The van der Waals surface area contributed by atoms with Crippen LogP contribution in [0.3, 0.4) is 0 Å². The normalized spacial score (nSPS) is 11.4. The number of aliphatic carboxylic acids is 1. The Morgan fingerprint density at radius 1 is 0.621 bits per heavy atom. The summed E-state index contributed by atoms with van der Waals surface area (Å²) in [6.45, 7) is 0.329. The second-order valence-corrected chi connectivity index (χ2v) is 8.49. The van der Waals surface area contributed by atoms with E-state index in [-0.39, 0.29) is 12.5 Å². The quantitative estimate of drug-likeness (QED) is 0.172. The Kier molecular flexibility index (Phi) is 20.8. The molecule has 4 heteroatoms. The maximum absolute atomic E-state index is 11.4. The van der Waals surface area contributed by atoms with E-state index in [1.54, 1.807) is 0 Å². The minimum Gasteiger partial charge on any atom is -0.480 e. The molecule has 0 saturated carbocycles. The molecule has 0 unspecified atom stereocenters. The van der Waals surface area contributed by atoms with Crippen molar-refractivity contribution in [1.82, 2.24) is 5.32 Å². The van der Waals surface area contributed by atoms with Crippen molar-refractivity contribution in [2.75, 3.05) is 6.54 Å². The summed E-state index contributed by atoms with van der Waals surface area (Å²) in [5, 5.41) is 10.9. The van der Waals surface area contributed by atoms with Crippen molar-refractivity contribution in [2.24, 2.45) is 0 Å². The number of amides is 1. The van der Waals surface area contributed by atoms with Crippen molar-refractivity contribution in [1.29, 1.82) is 0 Å². The number of carbonyl (C=O) groups excluding carboxylic acids is 1. The van der Waals surface area contributed by atoms with Crippen LogP contribution < -0.4 is 5.32 Å². The molecule has 172 valence electrons. The lowest BCUT2D eigenvalue weighted by Crippen LogP contribution is -2.28. The highest BCUT2D eigenvalue weighted by Crippen LogP contribution is 2.15. The highest BCUT2D eigenvalue weighted by Gasteiger charge is 2.03. The van der Waals surface area contributed by atoms with E-state index in [1.807, 2.05) is 0 Å². The van der Waals surface area contributed by atoms with E-state index >= 15 is 0 Å². The number of nitrogens with one attached hydrogen (secondary N) is 1. The first-order chi connectivity index (χ1) is 14.7. The van der Waals surface area contributed by atoms with Gasteiger partial charge in [0, 0.05) is 7.79 Å². The molecule has 0 aromatic heterocycles. The highest BCUT2D eigenvalue weighted by molar-refractivity contribution is 5.80. The summed E-state index contributed by atoms with van der Waals surface area (Å²) in [5.74, 6) is -1.14. The fourth-order valence-corrected chi connectivity index (χ4v) is 3.73. The van der Waals surface area contributed by atoms with Crippen LogP contribution in [0.25, 0.3) is 0 Å². The first-order valence-electron chi connectivity index (χ1n) is 13.1. The van der Waals surface area contributed by atoms with E-state index < -0.39 is 5.97 Å². The fourth-order valence-electron chi connectivity index (χ4n) is 3.73. The average Bonchev–Trinajstić information content (AvgIpc) is 2.73. The topological polar surface area (TPSA) is 66.4 Å². The summed E-state index contributed by atoms with van der Waals surface area (Å²) < 4.78 is 7.12. The van der Waals surface area contributed by atoms with Crippen LogP contribution in [0.1, 0.15) is 143 Å². The average molecular weight is 413 g/mol. The van der Waals surface area contributed by atoms with Crippen molar-refractivity contribution in [3.05, 3.63) is 0 Å². The first-order valence-corrected chi connectivity index (χ1v) is 12.4. The second kappa shape index (κ2) is 23.2. The van der Waals surface area contributed by atoms with Gasteiger partial charge < -0.3 is 10.4 Å². The van der Waals surface area contributed by atoms with Crippen LogP contribution >= 0.6 is 0 Å². The maximum Gasteiger partial charge on any atom is 0.322 e. The monoisotopic (exact) mass is 412 g/mol. The van der Waals surface area contributed by atoms with Gasteiger partial charge in [-0.15, -0.1) is 0 Å². The molecule has 1 amide bonds. The number of carboxylic acid groups (broad SMARTS) is 1. The molecule has 0 aliphatic carbocycles. The van der Waals surface area contributed by atoms with Crippen LogP contribution in [0.4, 0.5) is 0 Å². The van der Waals surface area contributed by atoms with Gasteiger partial charge in [-0.1, -0.05) is 129 Å². The van der Waals surface area contributed by atoms with Crippen LogP contribution in [0.5, 0.6) is 0 Å². The van der Waals surface area contributed by atoms with Crippen LogP contribution in [0, 0.1) is 0 Å². The molecule has 4 nitrogen and oxygen atoms in total. The van der Waals surface area contributed by atoms with Gasteiger partial charge in [0.05, 0.1) is 0 Å². The Labute approximate surface area is 182 Å². The molecule has 0 aliphatic heterocycles. The fraction of sp³-hybridized carbons (Fsp3) is 0.920. The zero-order valence-corrected chi connectivity index (χ0v) is 19.0. The van der Waals surface area contributed by atoms with Gasteiger partial charge in [0.25, 0.3) is 0 Å². The SMILES string of the molecule is [2H]CCCCCCCCCCCCCCCCCCCCCCC(=O)NCC(=O)O. The molecule has 0 saturated heterocycles. The minimum absolute atomic E-state index is 0.149. The summed E-state index contributed by atoms with van der Waals surface area (Å²) >= 11 is 0. The molecule has 29 heavy (non-hydrogen) atoms. The predicted octanol–water partition coefficient (Wildman–Crippen LogP) is 7.40. The number of rotatable bonds is 23. The molecule has 0 aromatic carbocycles. The van der Waals surface area contributed by atoms with Crippen molar-refractivity contribution in [3.8, 4) is 0 Å². The first kappa shape index (κ1) is 26.0. The largest absolute Gasteiger partial charge is 0.480 e. The van der Waals surface area contributed by atoms with Crippen molar-refractivity contribution >= 4 is 11.9 Å². The van der Waals surface area contributed by atoms with Gasteiger partial charge in [-0.2, -0.15) is 0 Å². The zero-order valence-electron chi connectivity index (χ0n) is 20.0. The van der Waals surface area contributed by atoms with E-state index in [9.17, 15) is 9.59 Å². The Morgan fingerprint density at radius 2 is 0.966 bits per heavy atom. The van der Waals surface area contributed by atoms with Crippen molar-refractivity contribution in [3.63, 3.8) is 0 Å². The summed E-state index contributed by atoms with van der Waals surface area (Å²) in [4.78, 5) is 21.7. The summed E-state index contributed by atoms with van der Waals surface area (Å²) in [5.41, 5.74) is 0. The van der Waals surface area contributed by atoms with Crippen molar-refractivity contribution in [2.45, 2.75) is 142 Å². The molecular weight excluding hydrogens is 362 g/mol. The number of carboxylic acids is 1. The van der Waals surface area contributed by atoms with E-state index in [0.717, 1.165) is 19.3 Å². The van der Waals surface area contributed by atoms with Gasteiger partial charge in [0.2, 0.25) is 5.91 Å². The van der Waals surface area contributed by atoms with Crippen molar-refractivity contribution < 1.29 is 16.1 Å². The zero-order chi connectivity index (χ0) is 22.1. The van der Waals surface area contributed by atoms with E-state index in [1.165, 1.54) is 109 Å². The minimum atomic E-state index is -0.988. The Morgan fingerprint density at radius 3 is 1.31 bits per heavy atom. The number of carbonyl (C=O) groups is 2. The number of unbranched alkanes of at least 4 members (excludes halogenated alkanes) is 19. The molecule has 0 aliphatic rings. The van der Waals surface area contributed by atoms with Gasteiger partial charge in [-0.3, -0.25) is 9.59 Å². The molecule has 0 aromatic rings. The Hall–Kier alpha value is -1.06. The third-order valence-corrected chi connectivity index (χ3v) is 5.59. The number of hydrogen-bond donors (Lipinski definition) is 2. The summed E-state index contributed by atoms with van der Waals surface area (Å²) in [6.07, 6.45) is 26.4. The van der Waals surface area contributed by atoms with Crippen LogP contribution in [-0.4, -0.2) is 23.5 Å². The van der Waals surface area contributed by atoms with E-state index in [0.29, 0.717) is 13.3 Å². The lowest BCUT2D eigenvalue weighted by molar-refractivity contribution is -0.137. The molecular formula is C25H49NO3. The van der Waals surface area contributed by atoms with Crippen LogP contribution in [0.2, 0.25) is 0 Å². The smallest absolute Gasteiger partial charge is 0.322 e. The van der Waals surface area contributed by atoms with E-state index in [4.69, 9.17) is 6.48 Å². The predicted molar refractivity (Wildman–Crippen MR) is 123 cm³/mol. The molecule has 2 N–H and O–H groups in total. The van der Waals surface area contributed by atoms with Crippen LogP contribution in [-0.2, 0) is 9.59 Å². The van der Waals surface area contributed by atoms with E-state index in [2.05, 4.69) is 5.32 Å². The number of hydrogen-bond acceptors (Lipinski definition) is 2. The summed E-state index contributed by atoms with van der Waals surface area (Å²) in [6, 6.07) is 0. The molecule has 0 atom stereocenters. The molecule has 0 fully saturated rings.